The minimum atomic E-state index is 0.0428. The number of hydrogen-bond acceptors (Lipinski definition) is 2. The highest BCUT2D eigenvalue weighted by Gasteiger charge is 2.28. The lowest BCUT2D eigenvalue weighted by atomic mass is 10.2. The van der Waals surface area contributed by atoms with Gasteiger partial charge < -0.3 is 10.1 Å². The van der Waals surface area contributed by atoms with Crippen LogP contribution in [0.25, 0.3) is 0 Å². The van der Waals surface area contributed by atoms with Gasteiger partial charge in [-0.1, -0.05) is 6.08 Å². The Morgan fingerprint density at radius 2 is 2.60 bits per heavy atom. The predicted molar refractivity (Wildman–Crippen MR) is 35.2 cm³/mol. The smallest absolute Gasteiger partial charge is 0.227 e. The number of fused-ring (bicyclic) bond motifs is 1. The van der Waals surface area contributed by atoms with Crippen LogP contribution in [-0.4, -0.2) is 18.6 Å². The normalized spacial score (nSPS) is 31.0. The molecular weight excluding hydrogens is 130 g/mol. The van der Waals surface area contributed by atoms with Crippen molar-refractivity contribution >= 4 is 5.91 Å². The molecule has 2 rings (SSSR count). The fourth-order valence-corrected chi connectivity index (χ4v) is 1.33. The molecule has 0 radical (unpaired) electrons. The molecule has 1 fully saturated rings. The number of nitrogens with one attached hydrogen (secondary N) is 1. The molecule has 1 saturated heterocycles. The van der Waals surface area contributed by atoms with Crippen molar-refractivity contribution in [1.82, 2.24) is 5.32 Å². The second kappa shape index (κ2) is 2.09. The van der Waals surface area contributed by atoms with Gasteiger partial charge in [0.05, 0.1) is 13.0 Å². The first-order valence-corrected chi connectivity index (χ1v) is 3.48. The van der Waals surface area contributed by atoms with Gasteiger partial charge in [-0.3, -0.25) is 4.79 Å². The topological polar surface area (TPSA) is 38.3 Å². The lowest BCUT2D eigenvalue weighted by Crippen LogP contribution is -2.19. The molecule has 1 N–H and O–H groups in total. The van der Waals surface area contributed by atoms with Crippen molar-refractivity contribution in [2.75, 3.05) is 6.61 Å². The molecule has 10 heavy (non-hydrogen) atoms. The van der Waals surface area contributed by atoms with E-state index in [2.05, 4.69) is 5.32 Å². The van der Waals surface area contributed by atoms with Gasteiger partial charge in [0, 0.05) is 5.70 Å². The zero-order chi connectivity index (χ0) is 6.97. The van der Waals surface area contributed by atoms with Crippen LogP contribution in [0.2, 0.25) is 0 Å². The first-order chi connectivity index (χ1) is 4.86. The molecule has 2 aliphatic heterocycles. The molecule has 3 heteroatoms. The number of carbonyl (C=O) groups is 1. The average molecular weight is 139 g/mol. The standard InChI is InChI=1S/C7H9NO2/c9-7-4-6-5(8-7)2-1-3-10-6/h2,6H,1,3-4H2,(H,8,9). The molecule has 0 aliphatic carbocycles. The molecule has 2 aliphatic rings. The molecule has 0 saturated carbocycles. The fraction of sp³-hybridized carbons (Fsp3) is 0.571. The maximum absolute atomic E-state index is 10.8. The van der Waals surface area contributed by atoms with Crippen LogP contribution in [0.3, 0.4) is 0 Å². The van der Waals surface area contributed by atoms with E-state index < -0.39 is 0 Å². The zero-order valence-electron chi connectivity index (χ0n) is 5.59. The highest BCUT2D eigenvalue weighted by Crippen LogP contribution is 2.20. The van der Waals surface area contributed by atoms with Gasteiger partial charge >= 0.3 is 0 Å². The van der Waals surface area contributed by atoms with Gasteiger partial charge in [-0.15, -0.1) is 0 Å². The van der Waals surface area contributed by atoms with Crippen molar-refractivity contribution in [1.29, 1.82) is 0 Å². The fourth-order valence-electron chi connectivity index (χ4n) is 1.33. The van der Waals surface area contributed by atoms with Crippen molar-refractivity contribution in [3.05, 3.63) is 11.8 Å². The Bertz CT molecular complexity index is 198. The van der Waals surface area contributed by atoms with Crippen LogP contribution in [-0.2, 0) is 9.53 Å². The van der Waals surface area contributed by atoms with E-state index in [4.69, 9.17) is 4.74 Å². The monoisotopic (exact) mass is 139 g/mol. The van der Waals surface area contributed by atoms with E-state index >= 15 is 0 Å². The summed E-state index contributed by atoms with van der Waals surface area (Å²) in [6.45, 7) is 0.753. The van der Waals surface area contributed by atoms with Crippen molar-refractivity contribution < 1.29 is 9.53 Å². The van der Waals surface area contributed by atoms with E-state index in [9.17, 15) is 4.79 Å². The number of carbonyl (C=O) groups excluding carboxylic acids is 1. The minimum absolute atomic E-state index is 0.0428. The Morgan fingerprint density at radius 1 is 1.70 bits per heavy atom. The molecule has 0 aromatic rings. The highest BCUT2D eigenvalue weighted by atomic mass is 16.5. The van der Waals surface area contributed by atoms with Crippen LogP contribution >= 0.6 is 0 Å². The Hall–Kier alpha value is -0.830. The third-order valence-corrected chi connectivity index (χ3v) is 1.80. The molecule has 1 atom stereocenters. The van der Waals surface area contributed by atoms with E-state index in [1.54, 1.807) is 0 Å². The van der Waals surface area contributed by atoms with Gasteiger partial charge in [-0.2, -0.15) is 0 Å². The highest BCUT2D eigenvalue weighted by molar-refractivity contribution is 5.82. The van der Waals surface area contributed by atoms with Gasteiger partial charge in [0.2, 0.25) is 5.91 Å². The Kier molecular flexibility index (Phi) is 1.24. The quantitative estimate of drug-likeness (QED) is 0.520. The van der Waals surface area contributed by atoms with Crippen LogP contribution in [0.15, 0.2) is 11.8 Å². The van der Waals surface area contributed by atoms with E-state index in [1.807, 2.05) is 6.08 Å². The van der Waals surface area contributed by atoms with Crippen molar-refractivity contribution in [3.63, 3.8) is 0 Å². The molecule has 1 unspecified atom stereocenters. The van der Waals surface area contributed by atoms with E-state index in [0.717, 1.165) is 18.7 Å². The minimum Gasteiger partial charge on any atom is -0.371 e. The van der Waals surface area contributed by atoms with Crippen LogP contribution in [0, 0.1) is 0 Å². The lowest BCUT2D eigenvalue weighted by molar-refractivity contribution is -0.119. The molecule has 2 heterocycles. The third kappa shape index (κ3) is 0.827. The zero-order valence-corrected chi connectivity index (χ0v) is 5.59. The Balaban J connectivity index is 2.20. The molecular formula is C7H9NO2. The van der Waals surface area contributed by atoms with Gasteiger partial charge in [-0.05, 0) is 6.42 Å². The molecule has 0 aromatic carbocycles. The summed E-state index contributed by atoms with van der Waals surface area (Å²) in [5, 5.41) is 2.75. The largest absolute Gasteiger partial charge is 0.371 e. The van der Waals surface area contributed by atoms with Crippen LogP contribution in [0.4, 0.5) is 0 Å². The van der Waals surface area contributed by atoms with E-state index in [1.165, 1.54) is 0 Å². The second-order valence-corrected chi connectivity index (χ2v) is 2.56. The average Bonchev–Trinajstić information content (AvgIpc) is 2.27. The maximum Gasteiger partial charge on any atom is 0.227 e. The third-order valence-electron chi connectivity index (χ3n) is 1.80. The summed E-state index contributed by atoms with van der Waals surface area (Å²) in [5.74, 6) is 0.0816. The van der Waals surface area contributed by atoms with Crippen molar-refractivity contribution in [2.45, 2.75) is 18.9 Å². The predicted octanol–water partition coefficient (Wildman–Crippen LogP) is 0.179. The van der Waals surface area contributed by atoms with Crippen LogP contribution < -0.4 is 5.32 Å². The molecule has 0 aromatic heterocycles. The molecule has 1 amide bonds. The Labute approximate surface area is 59.1 Å². The van der Waals surface area contributed by atoms with Crippen LogP contribution in [0.1, 0.15) is 12.8 Å². The van der Waals surface area contributed by atoms with Gasteiger partial charge in [0.15, 0.2) is 0 Å². The first-order valence-electron chi connectivity index (χ1n) is 3.48. The van der Waals surface area contributed by atoms with Crippen molar-refractivity contribution in [2.24, 2.45) is 0 Å². The number of hydrogen-bond donors (Lipinski definition) is 1. The number of rotatable bonds is 0. The summed E-state index contributed by atoms with van der Waals surface area (Å²) in [5.41, 5.74) is 0.969. The lowest BCUT2D eigenvalue weighted by Gasteiger charge is -2.15. The van der Waals surface area contributed by atoms with Gasteiger partial charge in [0.25, 0.3) is 0 Å². The summed E-state index contributed by atoms with van der Waals surface area (Å²) < 4.78 is 5.32. The van der Waals surface area contributed by atoms with Gasteiger partial charge in [0.1, 0.15) is 6.10 Å². The van der Waals surface area contributed by atoms with E-state index in [-0.39, 0.29) is 12.0 Å². The summed E-state index contributed by atoms with van der Waals surface area (Å²) in [6, 6.07) is 0. The summed E-state index contributed by atoms with van der Waals surface area (Å²) >= 11 is 0. The Morgan fingerprint density at radius 3 is 3.40 bits per heavy atom. The first kappa shape index (κ1) is 5.92. The van der Waals surface area contributed by atoms with Crippen molar-refractivity contribution in [3.8, 4) is 0 Å². The van der Waals surface area contributed by atoms with Crippen LogP contribution in [0.5, 0.6) is 0 Å². The van der Waals surface area contributed by atoms with Gasteiger partial charge in [-0.25, -0.2) is 0 Å². The number of ether oxygens (including phenoxy) is 1. The summed E-state index contributed by atoms with van der Waals surface area (Å²) in [7, 11) is 0. The molecule has 0 spiro atoms. The molecule has 3 nitrogen and oxygen atoms in total. The molecule has 54 valence electrons. The second-order valence-electron chi connectivity index (χ2n) is 2.56. The number of amides is 1. The van der Waals surface area contributed by atoms with E-state index in [0.29, 0.717) is 6.42 Å². The summed E-state index contributed by atoms with van der Waals surface area (Å²) in [6.07, 6.45) is 3.51. The SMILES string of the molecule is O=C1CC2OCCC=C2N1. The summed E-state index contributed by atoms with van der Waals surface area (Å²) in [4.78, 5) is 10.8. The maximum atomic E-state index is 10.8. The molecule has 0 bridgehead atoms.